The van der Waals surface area contributed by atoms with E-state index >= 15 is 0 Å². The van der Waals surface area contributed by atoms with Crippen molar-refractivity contribution >= 4 is 11.6 Å². The van der Waals surface area contributed by atoms with Gasteiger partial charge in [0, 0.05) is 24.2 Å². The molecule has 4 aromatic rings. The smallest absolute Gasteiger partial charge is 0.258 e. The topological polar surface area (TPSA) is 98.2 Å². The maximum Gasteiger partial charge on any atom is 0.258 e. The molecule has 1 aromatic carbocycles. The molecule has 0 saturated heterocycles. The molecule has 140 valence electrons. The zero-order chi connectivity index (χ0) is 18.9. The van der Waals surface area contributed by atoms with E-state index in [1.807, 2.05) is 48.7 Å². The van der Waals surface area contributed by atoms with Gasteiger partial charge in [-0.3, -0.25) is 9.20 Å². The third-order valence-electron chi connectivity index (χ3n) is 4.76. The van der Waals surface area contributed by atoms with Crippen molar-refractivity contribution in [1.82, 2.24) is 30.1 Å². The van der Waals surface area contributed by atoms with Crippen LogP contribution in [0.5, 0.6) is 0 Å². The highest BCUT2D eigenvalue weighted by atomic mass is 16.5. The number of carbonyl (C=O) groups excluding carboxylic acids is 1. The lowest BCUT2D eigenvalue weighted by atomic mass is 10.2. The van der Waals surface area contributed by atoms with Crippen LogP contribution >= 0.6 is 0 Å². The standard InChI is InChI=1S/C20H18N6O2/c27-18(21-12-13-4-2-1-3-5-13)11-17-24-23-16-10-15(8-9-26(16)17)20-22-19(25-28-20)14-6-7-14/h1-5,8-10,14H,6-7,11-12H2,(H,21,27). The van der Waals surface area contributed by atoms with E-state index in [-0.39, 0.29) is 12.3 Å². The van der Waals surface area contributed by atoms with E-state index in [9.17, 15) is 4.79 Å². The fourth-order valence-electron chi connectivity index (χ4n) is 3.06. The van der Waals surface area contributed by atoms with Gasteiger partial charge in [-0.1, -0.05) is 35.5 Å². The molecule has 1 aliphatic carbocycles. The van der Waals surface area contributed by atoms with Gasteiger partial charge in [-0.25, -0.2) is 0 Å². The zero-order valence-electron chi connectivity index (χ0n) is 15.1. The van der Waals surface area contributed by atoms with Crippen LogP contribution in [-0.2, 0) is 17.8 Å². The maximum absolute atomic E-state index is 12.3. The van der Waals surface area contributed by atoms with E-state index < -0.39 is 0 Å². The third-order valence-corrected chi connectivity index (χ3v) is 4.76. The van der Waals surface area contributed by atoms with Crippen LogP contribution in [0.2, 0.25) is 0 Å². The number of aromatic nitrogens is 5. The molecule has 0 radical (unpaired) electrons. The molecule has 0 aliphatic heterocycles. The lowest BCUT2D eigenvalue weighted by Gasteiger charge is -2.05. The van der Waals surface area contributed by atoms with Crippen molar-refractivity contribution in [1.29, 1.82) is 0 Å². The second-order valence-corrected chi connectivity index (χ2v) is 6.93. The summed E-state index contributed by atoms with van der Waals surface area (Å²) in [6.45, 7) is 0.487. The van der Waals surface area contributed by atoms with Crippen LogP contribution < -0.4 is 5.32 Å². The minimum absolute atomic E-state index is 0.104. The highest BCUT2D eigenvalue weighted by Gasteiger charge is 2.29. The summed E-state index contributed by atoms with van der Waals surface area (Å²) in [5.41, 5.74) is 2.48. The molecule has 0 atom stereocenters. The monoisotopic (exact) mass is 374 g/mol. The van der Waals surface area contributed by atoms with E-state index in [1.54, 1.807) is 4.40 Å². The van der Waals surface area contributed by atoms with Gasteiger partial charge >= 0.3 is 0 Å². The summed E-state index contributed by atoms with van der Waals surface area (Å²) < 4.78 is 7.16. The molecule has 0 unspecified atom stereocenters. The fourth-order valence-corrected chi connectivity index (χ4v) is 3.06. The van der Waals surface area contributed by atoms with E-state index in [4.69, 9.17) is 4.52 Å². The Morgan fingerprint density at radius 1 is 1.18 bits per heavy atom. The van der Waals surface area contributed by atoms with Gasteiger partial charge in [-0.2, -0.15) is 4.98 Å². The van der Waals surface area contributed by atoms with Crippen LogP contribution in [0.4, 0.5) is 0 Å². The molecule has 8 nitrogen and oxygen atoms in total. The number of pyridine rings is 1. The summed E-state index contributed by atoms with van der Waals surface area (Å²) in [5, 5.41) is 15.3. The Morgan fingerprint density at radius 3 is 2.86 bits per heavy atom. The molecular formula is C20H18N6O2. The molecule has 28 heavy (non-hydrogen) atoms. The van der Waals surface area contributed by atoms with Gasteiger partial charge in [0.15, 0.2) is 11.5 Å². The molecule has 1 aliphatic rings. The minimum Gasteiger partial charge on any atom is -0.352 e. The molecule has 5 rings (SSSR count). The average molecular weight is 374 g/mol. The summed E-state index contributed by atoms with van der Waals surface area (Å²) in [4.78, 5) is 16.7. The normalized spacial score (nSPS) is 13.7. The van der Waals surface area contributed by atoms with E-state index in [0.717, 1.165) is 29.8 Å². The molecule has 3 aromatic heterocycles. The highest BCUT2D eigenvalue weighted by Crippen LogP contribution is 2.38. The maximum atomic E-state index is 12.3. The number of amides is 1. The number of nitrogens with zero attached hydrogens (tertiary/aromatic N) is 5. The predicted octanol–water partition coefficient (Wildman–Crippen LogP) is 2.52. The number of rotatable bonds is 6. The van der Waals surface area contributed by atoms with E-state index in [0.29, 0.717) is 29.8 Å². The molecule has 1 saturated carbocycles. The number of carbonyl (C=O) groups is 1. The van der Waals surface area contributed by atoms with Gasteiger partial charge in [0.2, 0.25) is 5.91 Å². The SMILES string of the molecule is O=C(Cc1nnc2cc(-c3nc(C4CC4)no3)ccn12)NCc1ccccc1. The number of hydrogen-bond acceptors (Lipinski definition) is 6. The van der Waals surface area contributed by atoms with Crippen molar-refractivity contribution in [2.24, 2.45) is 0 Å². The number of nitrogens with one attached hydrogen (secondary N) is 1. The van der Waals surface area contributed by atoms with Crippen LogP contribution in [0.3, 0.4) is 0 Å². The quantitative estimate of drug-likeness (QED) is 0.557. The molecule has 1 amide bonds. The summed E-state index contributed by atoms with van der Waals surface area (Å²) in [5.74, 6) is 2.17. The van der Waals surface area contributed by atoms with Gasteiger partial charge in [0.25, 0.3) is 5.89 Å². The number of benzene rings is 1. The van der Waals surface area contributed by atoms with Crippen molar-refractivity contribution in [3.05, 3.63) is 65.9 Å². The van der Waals surface area contributed by atoms with Crippen LogP contribution in [-0.4, -0.2) is 30.6 Å². The van der Waals surface area contributed by atoms with Crippen molar-refractivity contribution < 1.29 is 9.32 Å². The Labute approximate surface area is 160 Å². The van der Waals surface area contributed by atoms with Crippen LogP contribution in [0.1, 0.15) is 36.0 Å². The lowest BCUT2D eigenvalue weighted by molar-refractivity contribution is -0.120. The third kappa shape index (κ3) is 3.36. The van der Waals surface area contributed by atoms with Gasteiger partial charge < -0.3 is 9.84 Å². The first kappa shape index (κ1) is 16.6. The number of fused-ring (bicyclic) bond motifs is 1. The first-order chi connectivity index (χ1) is 13.8. The van der Waals surface area contributed by atoms with Crippen molar-refractivity contribution in [2.45, 2.75) is 31.7 Å². The fraction of sp³-hybridized carbons (Fsp3) is 0.250. The largest absolute Gasteiger partial charge is 0.352 e. The first-order valence-electron chi connectivity index (χ1n) is 9.24. The van der Waals surface area contributed by atoms with E-state index in [2.05, 4.69) is 25.7 Å². The molecule has 0 bridgehead atoms. The van der Waals surface area contributed by atoms with Gasteiger partial charge in [-0.15, -0.1) is 10.2 Å². The minimum atomic E-state index is -0.104. The van der Waals surface area contributed by atoms with Gasteiger partial charge in [-0.05, 0) is 30.5 Å². The first-order valence-corrected chi connectivity index (χ1v) is 9.24. The Kier molecular flexibility index (Phi) is 4.08. The summed E-state index contributed by atoms with van der Waals surface area (Å²) in [6.07, 6.45) is 4.22. The van der Waals surface area contributed by atoms with E-state index in [1.165, 1.54) is 0 Å². The molecule has 3 heterocycles. The van der Waals surface area contributed by atoms with Crippen molar-refractivity contribution in [2.75, 3.05) is 0 Å². The summed E-state index contributed by atoms with van der Waals surface area (Å²) in [6, 6.07) is 13.5. The molecule has 8 heteroatoms. The second-order valence-electron chi connectivity index (χ2n) is 6.93. The Bertz CT molecular complexity index is 1130. The molecule has 1 N–H and O–H groups in total. The van der Waals surface area contributed by atoms with Crippen molar-refractivity contribution in [3.8, 4) is 11.5 Å². The molecule has 0 spiro atoms. The summed E-state index contributed by atoms with van der Waals surface area (Å²) in [7, 11) is 0. The van der Waals surface area contributed by atoms with Crippen LogP contribution in [0.25, 0.3) is 17.1 Å². The molecule has 1 fully saturated rings. The van der Waals surface area contributed by atoms with Crippen LogP contribution in [0.15, 0.2) is 53.2 Å². The lowest BCUT2D eigenvalue weighted by Crippen LogP contribution is -2.25. The van der Waals surface area contributed by atoms with Gasteiger partial charge in [0.05, 0.1) is 6.42 Å². The molecular weight excluding hydrogens is 356 g/mol. The van der Waals surface area contributed by atoms with Gasteiger partial charge in [0.1, 0.15) is 5.82 Å². The Balaban J connectivity index is 1.29. The second kappa shape index (κ2) is 6.88. The summed E-state index contributed by atoms with van der Waals surface area (Å²) >= 11 is 0. The Hall–Kier alpha value is -3.55. The highest BCUT2D eigenvalue weighted by molar-refractivity contribution is 5.78. The van der Waals surface area contributed by atoms with Crippen molar-refractivity contribution in [3.63, 3.8) is 0 Å². The Morgan fingerprint density at radius 2 is 2.04 bits per heavy atom. The zero-order valence-corrected chi connectivity index (χ0v) is 15.1. The predicted molar refractivity (Wildman–Crippen MR) is 100 cm³/mol. The van der Waals surface area contributed by atoms with Crippen LogP contribution in [0, 0.1) is 0 Å². The average Bonchev–Trinajstić information content (AvgIpc) is 3.33. The number of hydrogen-bond donors (Lipinski definition) is 1.